The molecule has 0 saturated carbocycles. The molecule has 0 N–H and O–H groups in total. The Morgan fingerprint density at radius 2 is 1.66 bits per heavy atom. The molecule has 0 aliphatic carbocycles. The van der Waals surface area contributed by atoms with E-state index in [1.807, 2.05) is 60.7 Å². The number of hydrogen-bond acceptors (Lipinski definition) is 4. The van der Waals surface area contributed by atoms with E-state index in [9.17, 15) is 4.79 Å². The predicted octanol–water partition coefficient (Wildman–Crippen LogP) is 6.70. The summed E-state index contributed by atoms with van der Waals surface area (Å²) in [6.45, 7) is 4.64. The Morgan fingerprint density at radius 1 is 1.00 bits per heavy atom. The molecule has 0 aliphatic rings. The van der Waals surface area contributed by atoms with Gasteiger partial charge in [-0.05, 0) is 49.4 Å². The smallest absolute Gasteiger partial charge is 0.306 e. The fraction of sp³-hybridized carbons (Fsp3) is 0.400. The molecule has 0 radical (unpaired) electrons. The maximum Gasteiger partial charge on any atom is 0.306 e. The van der Waals surface area contributed by atoms with Crippen molar-refractivity contribution in [2.45, 2.75) is 52.4 Å². The summed E-state index contributed by atoms with van der Waals surface area (Å²) in [5, 5.41) is 0. The average Bonchev–Trinajstić information content (AvgIpc) is 2.76. The molecular formula is C25H32N2O2. The second-order valence-electron chi connectivity index (χ2n) is 7.04. The number of benzene rings is 2. The summed E-state index contributed by atoms with van der Waals surface area (Å²) in [6.07, 6.45) is 6.66. The third-order valence-electron chi connectivity index (χ3n) is 4.83. The van der Waals surface area contributed by atoms with Gasteiger partial charge in [-0.15, -0.1) is 0 Å². The highest BCUT2D eigenvalue weighted by Crippen LogP contribution is 2.19. The molecule has 0 saturated heterocycles. The number of para-hydroxylation sites is 2. The average molecular weight is 393 g/mol. The quantitative estimate of drug-likeness (QED) is 0.229. The standard InChI is InChI=1S/C25H32N2O2/c1-3-21(16-17-22(4-2)27-24-14-9-6-10-15-24)20-25(28)29-19-11-18-26-23-12-7-5-8-13-23/h5-10,12-15,18,21H,3-4,11,16-17,19-20H2,1-2H3. The topological polar surface area (TPSA) is 51.0 Å². The molecule has 29 heavy (non-hydrogen) atoms. The number of ether oxygens (including phenoxy) is 1. The minimum atomic E-state index is -0.122. The van der Waals surface area contributed by atoms with Crippen molar-refractivity contribution in [1.29, 1.82) is 0 Å². The van der Waals surface area contributed by atoms with Crippen molar-refractivity contribution in [1.82, 2.24) is 0 Å². The monoisotopic (exact) mass is 392 g/mol. The fourth-order valence-electron chi connectivity index (χ4n) is 3.02. The van der Waals surface area contributed by atoms with Crippen molar-refractivity contribution in [3.05, 3.63) is 60.7 Å². The third-order valence-corrected chi connectivity index (χ3v) is 4.83. The molecule has 1 unspecified atom stereocenters. The van der Waals surface area contributed by atoms with Crippen LogP contribution in [-0.2, 0) is 9.53 Å². The number of carbonyl (C=O) groups is 1. The van der Waals surface area contributed by atoms with Crippen LogP contribution < -0.4 is 0 Å². The summed E-state index contributed by atoms with van der Waals surface area (Å²) in [4.78, 5) is 21.2. The predicted molar refractivity (Wildman–Crippen MR) is 122 cm³/mol. The molecular weight excluding hydrogens is 360 g/mol. The molecule has 0 aliphatic heterocycles. The number of aliphatic imine (C=N–C) groups is 2. The molecule has 154 valence electrons. The zero-order valence-electron chi connectivity index (χ0n) is 17.6. The van der Waals surface area contributed by atoms with Crippen LogP contribution in [0.4, 0.5) is 11.4 Å². The summed E-state index contributed by atoms with van der Waals surface area (Å²) < 4.78 is 5.38. The van der Waals surface area contributed by atoms with Crippen molar-refractivity contribution in [3.63, 3.8) is 0 Å². The number of hydrogen-bond donors (Lipinski definition) is 0. The van der Waals surface area contributed by atoms with E-state index >= 15 is 0 Å². The molecule has 0 fully saturated rings. The van der Waals surface area contributed by atoms with Crippen LogP contribution in [0.25, 0.3) is 0 Å². The van der Waals surface area contributed by atoms with Crippen LogP contribution in [0, 0.1) is 5.92 Å². The Morgan fingerprint density at radius 3 is 2.28 bits per heavy atom. The number of carbonyl (C=O) groups excluding carboxylic acids is 1. The normalized spacial score (nSPS) is 12.8. The largest absolute Gasteiger partial charge is 0.465 e. The van der Waals surface area contributed by atoms with Crippen LogP contribution in [0.15, 0.2) is 70.6 Å². The first-order valence-corrected chi connectivity index (χ1v) is 10.6. The van der Waals surface area contributed by atoms with Gasteiger partial charge >= 0.3 is 5.97 Å². The zero-order chi connectivity index (χ0) is 20.7. The van der Waals surface area contributed by atoms with E-state index in [1.54, 1.807) is 6.21 Å². The van der Waals surface area contributed by atoms with Gasteiger partial charge in [0.05, 0.1) is 18.0 Å². The molecule has 0 bridgehead atoms. The van der Waals surface area contributed by atoms with Crippen LogP contribution in [0.2, 0.25) is 0 Å². The van der Waals surface area contributed by atoms with Crippen molar-refractivity contribution < 1.29 is 9.53 Å². The number of nitrogens with zero attached hydrogens (tertiary/aromatic N) is 2. The minimum absolute atomic E-state index is 0.122. The highest BCUT2D eigenvalue weighted by molar-refractivity contribution is 5.86. The van der Waals surface area contributed by atoms with Crippen LogP contribution in [0.1, 0.15) is 52.4 Å². The lowest BCUT2D eigenvalue weighted by atomic mass is 9.94. The van der Waals surface area contributed by atoms with Gasteiger partial charge in [0.2, 0.25) is 0 Å². The third kappa shape index (κ3) is 9.33. The lowest BCUT2D eigenvalue weighted by Gasteiger charge is -2.14. The van der Waals surface area contributed by atoms with Crippen LogP contribution in [0.3, 0.4) is 0 Å². The molecule has 4 heteroatoms. The Bertz CT molecular complexity index is 770. The van der Waals surface area contributed by atoms with E-state index in [0.717, 1.165) is 37.1 Å². The van der Waals surface area contributed by atoms with Crippen molar-refractivity contribution >= 4 is 29.3 Å². The van der Waals surface area contributed by atoms with Crippen LogP contribution in [0.5, 0.6) is 0 Å². The van der Waals surface area contributed by atoms with Gasteiger partial charge in [-0.25, -0.2) is 0 Å². The van der Waals surface area contributed by atoms with Gasteiger partial charge in [0.1, 0.15) is 0 Å². The second-order valence-corrected chi connectivity index (χ2v) is 7.04. The molecule has 0 heterocycles. The van der Waals surface area contributed by atoms with Gasteiger partial charge in [0, 0.05) is 24.8 Å². The molecule has 4 nitrogen and oxygen atoms in total. The Balaban J connectivity index is 1.70. The van der Waals surface area contributed by atoms with Gasteiger partial charge < -0.3 is 4.74 Å². The molecule has 0 spiro atoms. The summed E-state index contributed by atoms with van der Waals surface area (Å²) in [5.74, 6) is 0.205. The number of rotatable bonds is 12. The van der Waals surface area contributed by atoms with E-state index in [-0.39, 0.29) is 5.97 Å². The van der Waals surface area contributed by atoms with E-state index in [0.29, 0.717) is 25.4 Å². The SMILES string of the molecule is CCC(CCC(CC)CC(=O)OCCC=Nc1ccccc1)=Nc1ccccc1. The van der Waals surface area contributed by atoms with E-state index in [4.69, 9.17) is 9.73 Å². The van der Waals surface area contributed by atoms with E-state index in [2.05, 4.69) is 18.8 Å². The Labute approximate surface area is 174 Å². The van der Waals surface area contributed by atoms with Crippen molar-refractivity contribution in [3.8, 4) is 0 Å². The lowest BCUT2D eigenvalue weighted by molar-refractivity contribution is -0.144. The second kappa shape index (κ2) is 13.4. The summed E-state index contributed by atoms with van der Waals surface area (Å²) in [7, 11) is 0. The molecule has 1 atom stereocenters. The maximum atomic E-state index is 12.2. The fourth-order valence-corrected chi connectivity index (χ4v) is 3.02. The highest BCUT2D eigenvalue weighted by atomic mass is 16.5. The Hall–Kier alpha value is -2.75. The molecule has 0 amide bonds. The molecule has 0 aromatic heterocycles. The van der Waals surface area contributed by atoms with Gasteiger partial charge in [0.15, 0.2) is 0 Å². The maximum absolute atomic E-state index is 12.2. The van der Waals surface area contributed by atoms with Crippen molar-refractivity contribution in [2.75, 3.05) is 6.61 Å². The van der Waals surface area contributed by atoms with E-state index < -0.39 is 0 Å². The first-order chi connectivity index (χ1) is 14.2. The summed E-state index contributed by atoms with van der Waals surface area (Å²) in [5.41, 5.74) is 3.09. The van der Waals surface area contributed by atoms with Gasteiger partial charge in [0.25, 0.3) is 0 Å². The highest BCUT2D eigenvalue weighted by Gasteiger charge is 2.14. The Kier molecular flexibility index (Phi) is 10.4. The van der Waals surface area contributed by atoms with Gasteiger partial charge in [-0.2, -0.15) is 0 Å². The molecule has 2 rings (SSSR count). The summed E-state index contributed by atoms with van der Waals surface area (Å²) in [6, 6.07) is 19.8. The lowest BCUT2D eigenvalue weighted by Crippen LogP contribution is -2.13. The van der Waals surface area contributed by atoms with Crippen LogP contribution in [-0.4, -0.2) is 24.5 Å². The van der Waals surface area contributed by atoms with Crippen molar-refractivity contribution in [2.24, 2.45) is 15.9 Å². The van der Waals surface area contributed by atoms with E-state index in [1.165, 1.54) is 5.71 Å². The zero-order valence-corrected chi connectivity index (χ0v) is 17.6. The molecule has 2 aromatic carbocycles. The van der Waals surface area contributed by atoms with Gasteiger partial charge in [-0.1, -0.05) is 56.7 Å². The summed E-state index contributed by atoms with van der Waals surface area (Å²) >= 11 is 0. The van der Waals surface area contributed by atoms with Gasteiger partial charge in [-0.3, -0.25) is 14.8 Å². The van der Waals surface area contributed by atoms with Crippen LogP contribution >= 0.6 is 0 Å². The number of esters is 1. The molecule has 2 aromatic rings. The minimum Gasteiger partial charge on any atom is -0.465 e. The first kappa shape index (κ1) is 22.5. The first-order valence-electron chi connectivity index (χ1n) is 10.6.